The summed E-state index contributed by atoms with van der Waals surface area (Å²) in [6, 6.07) is 9.68. The Morgan fingerprint density at radius 1 is 0.706 bits per heavy atom. The number of fused-ring (bicyclic) bond motifs is 1. The van der Waals surface area contributed by atoms with E-state index in [1.54, 1.807) is 6.07 Å². The second-order valence-corrected chi connectivity index (χ2v) is 10.7. The van der Waals surface area contributed by atoms with Gasteiger partial charge in [0.1, 0.15) is 10.1 Å². The summed E-state index contributed by atoms with van der Waals surface area (Å²) in [6.07, 6.45) is 18.7. The van der Waals surface area contributed by atoms with Crippen LogP contribution in [0.15, 0.2) is 35.2 Å². The molecule has 0 bridgehead atoms. The summed E-state index contributed by atoms with van der Waals surface area (Å²) in [4.78, 5) is -0.0218. The zero-order valence-electron chi connectivity index (χ0n) is 21.5. The van der Waals surface area contributed by atoms with Gasteiger partial charge in [-0.1, -0.05) is 115 Å². The summed E-state index contributed by atoms with van der Waals surface area (Å²) >= 11 is 0. The molecule has 0 radical (unpaired) electrons. The van der Waals surface area contributed by atoms with Crippen LogP contribution in [0.4, 0.5) is 0 Å². The van der Waals surface area contributed by atoms with Crippen LogP contribution in [0.5, 0.6) is 0 Å². The molecule has 0 heterocycles. The summed E-state index contributed by atoms with van der Waals surface area (Å²) in [6.45, 7) is 4.45. The molecule has 0 atom stereocenters. The molecular weight excluding hydrogens is 570 g/mol. The molecule has 0 fully saturated rings. The monoisotopic (exact) mass is 614 g/mol. The zero-order chi connectivity index (χ0) is 23.2. The quantitative estimate of drug-likeness (QED) is 0.104. The maximum absolute atomic E-state index is 12.1. The molecule has 1 N–H and O–H groups in total. The van der Waals surface area contributed by atoms with Crippen LogP contribution in [0.3, 0.4) is 0 Å². The third-order valence-electron chi connectivity index (χ3n) is 6.47. The average molecular weight is 614 g/mol. The molecule has 6 heteroatoms. The second kappa shape index (κ2) is 19.3. The van der Waals surface area contributed by atoms with Gasteiger partial charge in [0.15, 0.2) is 0 Å². The fraction of sp³-hybridized carbons (Fsp3) is 0.643. The van der Waals surface area contributed by atoms with Gasteiger partial charge in [-0.25, -0.2) is 8.42 Å². The first-order valence-corrected chi connectivity index (χ1v) is 14.4. The molecule has 0 saturated heterocycles. The van der Waals surface area contributed by atoms with E-state index >= 15 is 0 Å². The van der Waals surface area contributed by atoms with Crippen molar-refractivity contribution >= 4 is 69.8 Å². The van der Waals surface area contributed by atoms with E-state index in [0.717, 1.165) is 55.0 Å². The number of hydrogen-bond donors (Lipinski definition) is 0. The van der Waals surface area contributed by atoms with Gasteiger partial charge >= 0.3 is 48.9 Å². The SMILES string of the molecule is CCCCCCCCCc1cc(S(=O)(=O)[O-])c2c(CCCCCCCCC)cccc2c1.[Ba+2].[OH-]. The molecule has 0 spiro atoms. The molecule has 2 rings (SSSR count). The van der Waals surface area contributed by atoms with Crippen molar-refractivity contribution < 1.29 is 18.4 Å². The molecule has 2 aromatic carbocycles. The molecular formula is C28H44BaO4S. The molecule has 34 heavy (non-hydrogen) atoms. The van der Waals surface area contributed by atoms with Gasteiger partial charge in [0.25, 0.3) is 0 Å². The van der Waals surface area contributed by atoms with Crippen molar-refractivity contribution in [1.82, 2.24) is 0 Å². The summed E-state index contributed by atoms with van der Waals surface area (Å²) < 4.78 is 36.4. The van der Waals surface area contributed by atoms with Crippen LogP contribution < -0.4 is 0 Å². The Balaban J connectivity index is 0.00000544. The zero-order valence-corrected chi connectivity index (χ0v) is 26.7. The molecule has 0 saturated carbocycles. The third kappa shape index (κ3) is 12.4. The Kier molecular flexibility index (Phi) is 19.4. The number of rotatable bonds is 17. The Hall–Kier alpha value is 0.141. The Morgan fingerprint density at radius 3 is 1.74 bits per heavy atom. The van der Waals surface area contributed by atoms with E-state index in [4.69, 9.17) is 0 Å². The molecule has 4 nitrogen and oxygen atoms in total. The Labute approximate surface area is 248 Å². The van der Waals surface area contributed by atoms with Crippen LogP contribution in [-0.4, -0.2) is 67.3 Å². The molecule has 0 aliphatic rings. The van der Waals surface area contributed by atoms with Crippen molar-refractivity contribution in [2.75, 3.05) is 0 Å². The summed E-state index contributed by atoms with van der Waals surface area (Å²) in [5.74, 6) is 0. The van der Waals surface area contributed by atoms with E-state index in [9.17, 15) is 13.0 Å². The van der Waals surface area contributed by atoms with E-state index in [1.165, 1.54) is 64.2 Å². The van der Waals surface area contributed by atoms with Gasteiger partial charge in [-0.05, 0) is 48.3 Å². The average Bonchev–Trinajstić information content (AvgIpc) is 2.76. The molecule has 0 aromatic heterocycles. The number of unbranched alkanes of at least 4 members (excludes halogenated alkanes) is 12. The predicted octanol–water partition coefficient (Wildman–Crippen LogP) is 7.77. The van der Waals surface area contributed by atoms with Gasteiger partial charge < -0.3 is 10.0 Å². The van der Waals surface area contributed by atoms with Gasteiger partial charge in [0.2, 0.25) is 0 Å². The van der Waals surface area contributed by atoms with E-state index in [-0.39, 0.29) is 59.3 Å². The van der Waals surface area contributed by atoms with Crippen molar-refractivity contribution in [2.24, 2.45) is 0 Å². The largest absolute Gasteiger partial charge is 2.00 e. The first-order valence-electron chi connectivity index (χ1n) is 13.0. The van der Waals surface area contributed by atoms with E-state index in [0.29, 0.717) is 5.39 Å². The number of hydrogen-bond acceptors (Lipinski definition) is 4. The van der Waals surface area contributed by atoms with Crippen LogP contribution in [0, 0.1) is 0 Å². The van der Waals surface area contributed by atoms with Crippen molar-refractivity contribution in [3.63, 3.8) is 0 Å². The Bertz CT molecular complexity index is 912. The Morgan fingerprint density at radius 2 is 1.21 bits per heavy atom. The number of benzene rings is 2. The first-order chi connectivity index (χ1) is 15.5. The smallest absolute Gasteiger partial charge is 0.870 e. The summed E-state index contributed by atoms with van der Waals surface area (Å²) in [5.41, 5.74) is 1.96. The van der Waals surface area contributed by atoms with Crippen LogP contribution in [0.2, 0.25) is 0 Å². The van der Waals surface area contributed by atoms with Crippen molar-refractivity contribution in [1.29, 1.82) is 0 Å². The van der Waals surface area contributed by atoms with E-state index in [2.05, 4.69) is 19.9 Å². The molecule has 0 amide bonds. The van der Waals surface area contributed by atoms with E-state index < -0.39 is 10.1 Å². The maximum atomic E-state index is 12.1. The standard InChI is InChI=1S/C28H44O3S.Ba.H2O/c1-3-5-7-9-11-13-15-18-24-22-26-21-17-20-25(19-16-14-12-10-8-6-4-2)28(26)27(23-24)32(29,30)31;;/h17,20-23H,3-16,18-19H2,1-2H3,(H,29,30,31);;1H2/q;+2;/p-2. The van der Waals surface area contributed by atoms with Gasteiger partial charge in [-0.3, -0.25) is 0 Å². The normalized spacial score (nSPS) is 11.3. The van der Waals surface area contributed by atoms with Crippen LogP contribution >= 0.6 is 0 Å². The summed E-state index contributed by atoms with van der Waals surface area (Å²) in [5, 5.41) is 1.54. The molecule has 188 valence electrons. The molecule has 0 aliphatic carbocycles. The fourth-order valence-electron chi connectivity index (χ4n) is 4.63. The van der Waals surface area contributed by atoms with Crippen LogP contribution in [0.25, 0.3) is 10.8 Å². The van der Waals surface area contributed by atoms with Crippen molar-refractivity contribution in [3.8, 4) is 0 Å². The van der Waals surface area contributed by atoms with Crippen molar-refractivity contribution in [3.05, 3.63) is 41.5 Å². The molecule has 0 unspecified atom stereocenters. The van der Waals surface area contributed by atoms with Crippen molar-refractivity contribution in [2.45, 2.75) is 121 Å². The summed E-state index contributed by atoms with van der Waals surface area (Å²) in [7, 11) is -4.52. The number of aryl methyl sites for hydroxylation is 2. The third-order valence-corrected chi connectivity index (χ3v) is 7.34. The van der Waals surface area contributed by atoms with Gasteiger partial charge in [0, 0.05) is 5.39 Å². The predicted molar refractivity (Wildman–Crippen MR) is 143 cm³/mol. The topological polar surface area (TPSA) is 87.2 Å². The minimum atomic E-state index is -4.52. The molecule has 2 aromatic rings. The maximum Gasteiger partial charge on any atom is 2.00 e. The van der Waals surface area contributed by atoms with Gasteiger partial charge in [-0.2, -0.15) is 0 Å². The second-order valence-electron chi connectivity index (χ2n) is 9.31. The van der Waals surface area contributed by atoms with Gasteiger partial charge in [-0.15, -0.1) is 0 Å². The minimum Gasteiger partial charge on any atom is -0.870 e. The molecule has 0 aliphatic heterocycles. The van der Waals surface area contributed by atoms with Crippen LogP contribution in [-0.2, 0) is 23.0 Å². The first kappa shape index (κ1) is 34.1. The fourth-order valence-corrected chi connectivity index (χ4v) is 5.43. The van der Waals surface area contributed by atoms with Gasteiger partial charge in [0.05, 0.1) is 4.90 Å². The van der Waals surface area contributed by atoms with Crippen LogP contribution in [0.1, 0.15) is 115 Å². The minimum absolute atomic E-state index is 0. The van der Waals surface area contributed by atoms with E-state index in [1.807, 2.05) is 18.2 Å².